The molecule has 1 N–H and O–H groups in total. The van der Waals surface area contributed by atoms with Crippen molar-refractivity contribution in [1.82, 2.24) is 15.2 Å². The van der Waals surface area contributed by atoms with Crippen molar-refractivity contribution >= 4 is 5.82 Å². The predicted molar refractivity (Wildman–Crippen MR) is 87.8 cm³/mol. The molecule has 0 atom stereocenters. The summed E-state index contributed by atoms with van der Waals surface area (Å²) in [6.07, 6.45) is 6.04. The number of aromatic nitrogens is 1. The van der Waals surface area contributed by atoms with E-state index in [2.05, 4.69) is 35.0 Å². The van der Waals surface area contributed by atoms with E-state index in [9.17, 15) is 0 Å². The third-order valence-corrected chi connectivity index (χ3v) is 4.54. The third-order valence-electron chi connectivity index (χ3n) is 4.54. The first kappa shape index (κ1) is 14.8. The molecule has 1 saturated heterocycles. The molecule has 0 unspecified atom stereocenters. The molecular weight excluding hydrogens is 260 g/mol. The summed E-state index contributed by atoms with van der Waals surface area (Å²) in [5.74, 6) is 1.18. The summed E-state index contributed by atoms with van der Waals surface area (Å²) < 4.78 is 0. The van der Waals surface area contributed by atoms with Crippen LogP contribution >= 0.6 is 0 Å². The van der Waals surface area contributed by atoms with Gasteiger partial charge in [-0.2, -0.15) is 0 Å². The minimum Gasteiger partial charge on any atom is -0.354 e. The number of nitrogens with zero attached hydrogens (tertiary/aromatic N) is 3. The Labute approximate surface area is 128 Å². The van der Waals surface area contributed by atoms with Crippen LogP contribution in [0.3, 0.4) is 0 Å². The SMILES string of the molecule is CCCNCc1cnc(N2CCN(C3CC3)CC2)c(C)c1. The lowest BCUT2D eigenvalue weighted by Gasteiger charge is -2.36. The van der Waals surface area contributed by atoms with Crippen LogP contribution in [0.5, 0.6) is 0 Å². The number of piperazine rings is 1. The number of anilines is 1. The molecule has 2 heterocycles. The van der Waals surface area contributed by atoms with Gasteiger partial charge in [0.25, 0.3) is 0 Å². The van der Waals surface area contributed by atoms with Gasteiger partial charge in [0, 0.05) is 45.0 Å². The second-order valence-electron chi connectivity index (χ2n) is 6.42. The maximum Gasteiger partial charge on any atom is 0.131 e. The normalized spacial score (nSPS) is 20.0. The lowest BCUT2D eigenvalue weighted by atomic mass is 10.1. The van der Waals surface area contributed by atoms with Gasteiger partial charge in [-0.3, -0.25) is 4.90 Å². The van der Waals surface area contributed by atoms with E-state index in [0.717, 1.165) is 32.2 Å². The van der Waals surface area contributed by atoms with E-state index in [-0.39, 0.29) is 0 Å². The molecule has 116 valence electrons. The summed E-state index contributed by atoms with van der Waals surface area (Å²) in [5.41, 5.74) is 2.60. The maximum atomic E-state index is 4.73. The van der Waals surface area contributed by atoms with E-state index in [4.69, 9.17) is 4.98 Å². The van der Waals surface area contributed by atoms with E-state index in [1.165, 1.54) is 49.3 Å². The molecule has 0 aromatic carbocycles. The zero-order valence-corrected chi connectivity index (χ0v) is 13.4. The first-order chi connectivity index (χ1) is 10.3. The Bertz CT molecular complexity index is 462. The molecule has 0 amide bonds. The fraction of sp³-hybridized carbons (Fsp3) is 0.706. The summed E-state index contributed by atoms with van der Waals surface area (Å²) in [6.45, 7) is 11.0. The number of hydrogen-bond acceptors (Lipinski definition) is 4. The van der Waals surface area contributed by atoms with Crippen LogP contribution in [0.25, 0.3) is 0 Å². The van der Waals surface area contributed by atoms with Crippen LogP contribution in [0, 0.1) is 6.92 Å². The Balaban J connectivity index is 1.57. The van der Waals surface area contributed by atoms with Gasteiger partial charge < -0.3 is 10.2 Å². The molecule has 1 saturated carbocycles. The molecule has 3 rings (SSSR count). The first-order valence-electron chi connectivity index (χ1n) is 8.43. The van der Waals surface area contributed by atoms with E-state index < -0.39 is 0 Å². The van der Waals surface area contributed by atoms with E-state index in [0.29, 0.717) is 0 Å². The second-order valence-corrected chi connectivity index (χ2v) is 6.42. The Hall–Kier alpha value is -1.13. The van der Waals surface area contributed by atoms with Gasteiger partial charge in [-0.15, -0.1) is 0 Å². The average Bonchev–Trinajstić information content (AvgIpc) is 3.33. The Morgan fingerprint density at radius 1 is 1.24 bits per heavy atom. The van der Waals surface area contributed by atoms with Gasteiger partial charge in [0.15, 0.2) is 0 Å². The molecule has 2 aliphatic rings. The molecule has 0 radical (unpaired) electrons. The van der Waals surface area contributed by atoms with Crippen molar-refractivity contribution in [2.45, 2.75) is 45.7 Å². The van der Waals surface area contributed by atoms with Gasteiger partial charge in [-0.1, -0.05) is 6.92 Å². The zero-order chi connectivity index (χ0) is 14.7. The summed E-state index contributed by atoms with van der Waals surface area (Å²) >= 11 is 0. The number of pyridine rings is 1. The lowest BCUT2D eigenvalue weighted by Crippen LogP contribution is -2.47. The molecule has 1 aliphatic carbocycles. The maximum absolute atomic E-state index is 4.73. The van der Waals surface area contributed by atoms with Gasteiger partial charge in [-0.05, 0) is 49.9 Å². The highest BCUT2D eigenvalue weighted by atomic mass is 15.3. The fourth-order valence-corrected chi connectivity index (χ4v) is 3.20. The Morgan fingerprint density at radius 3 is 2.62 bits per heavy atom. The van der Waals surface area contributed by atoms with Gasteiger partial charge >= 0.3 is 0 Å². The van der Waals surface area contributed by atoms with E-state index >= 15 is 0 Å². The quantitative estimate of drug-likeness (QED) is 0.813. The van der Waals surface area contributed by atoms with Crippen molar-refractivity contribution < 1.29 is 0 Å². The molecule has 21 heavy (non-hydrogen) atoms. The molecule has 4 heteroatoms. The van der Waals surface area contributed by atoms with Crippen molar-refractivity contribution in [3.05, 3.63) is 23.4 Å². The predicted octanol–water partition coefficient (Wildman–Crippen LogP) is 2.17. The number of hydrogen-bond donors (Lipinski definition) is 1. The fourth-order valence-electron chi connectivity index (χ4n) is 3.20. The molecular formula is C17H28N4. The van der Waals surface area contributed by atoms with Crippen molar-refractivity contribution in [2.75, 3.05) is 37.6 Å². The standard InChI is InChI=1S/C17H28N4/c1-3-6-18-12-15-11-14(2)17(19-13-15)21-9-7-20(8-10-21)16-4-5-16/h11,13,16,18H,3-10,12H2,1-2H3. The van der Waals surface area contributed by atoms with Crippen LogP contribution in [0.4, 0.5) is 5.82 Å². The summed E-state index contributed by atoms with van der Waals surface area (Å²) in [6, 6.07) is 3.19. The lowest BCUT2D eigenvalue weighted by molar-refractivity contribution is 0.247. The van der Waals surface area contributed by atoms with Crippen LogP contribution in [0.2, 0.25) is 0 Å². The monoisotopic (exact) mass is 288 g/mol. The number of aryl methyl sites for hydroxylation is 1. The van der Waals surface area contributed by atoms with Gasteiger partial charge in [-0.25, -0.2) is 4.98 Å². The first-order valence-corrected chi connectivity index (χ1v) is 8.43. The number of nitrogens with one attached hydrogen (secondary N) is 1. The van der Waals surface area contributed by atoms with E-state index in [1.807, 2.05) is 6.20 Å². The molecule has 0 spiro atoms. The Kier molecular flexibility index (Phi) is 4.76. The summed E-state index contributed by atoms with van der Waals surface area (Å²) in [4.78, 5) is 9.84. The highest BCUT2D eigenvalue weighted by Gasteiger charge is 2.31. The van der Waals surface area contributed by atoms with Crippen LogP contribution in [0.15, 0.2) is 12.3 Å². The van der Waals surface area contributed by atoms with Crippen molar-refractivity contribution in [3.63, 3.8) is 0 Å². The van der Waals surface area contributed by atoms with E-state index in [1.54, 1.807) is 0 Å². The highest BCUT2D eigenvalue weighted by molar-refractivity contribution is 5.47. The van der Waals surface area contributed by atoms with Crippen LogP contribution in [-0.2, 0) is 6.54 Å². The third kappa shape index (κ3) is 3.74. The largest absolute Gasteiger partial charge is 0.354 e. The second kappa shape index (κ2) is 6.75. The molecule has 2 fully saturated rings. The number of rotatable bonds is 6. The van der Waals surface area contributed by atoms with Gasteiger partial charge in [0.1, 0.15) is 5.82 Å². The summed E-state index contributed by atoms with van der Waals surface area (Å²) in [5, 5.41) is 3.44. The van der Waals surface area contributed by atoms with Crippen molar-refractivity contribution in [1.29, 1.82) is 0 Å². The topological polar surface area (TPSA) is 31.4 Å². The highest BCUT2D eigenvalue weighted by Crippen LogP contribution is 2.28. The van der Waals surface area contributed by atoms with Crippen LogP contribution < -0.4 is 10.2 Å². The van der Waals surface area contributed by atoms with Gasteiger partial charge in [0.05, 0.1) is 0 Å². The average molecular weight is 288 g/mol. The smallest absolute Gasteiger partial charge is 0.131 e. The van der Waals surface area contributed by atoms with Crippen LogP contribution in [0.1, 0.15) is 37.3 Å². The minimum absolute atomic E-state index is 0.897. The van der Waals surface area contributed by atoms with Crippen molar-refractivity contribution in [3.8, 4) is 0 Å². The summed E-state index contributed by atoms with van der Waals surface area (Å²) in [7, 11) is 0. The molecule has 1 aromatic rings. The Morgan fingerprint density at radius 2 is 2.00 bits per heavy atom. The van der Waals surface area contributed by atoms with Crippen LogP contribution in [-0.4, -0.2) is 48.6 Å². The zero-order valence-electron chi connectivity index (χ0n) is 13.4. The molecule has 1 aliphatic heterocycles. The van der Waals surface area contributed by atoms with Crippen molar-refractivity contribution in [2.24, 2.45) is 0 Å². The molecule has 0 bridgehead atoms. The minimum atomic E-state index is 0.897. The molecule has 4 nitrogen and oxygen atoms in total. The molecule has 1 aromatic heterocycles. The van der Waals surface area contributed by atoms with Gasteiger partial charge in [0.2, 0.25) is 0 Å².